The van der Waals surface area contributed by atoms with Crippen molar-refractivity contribution in [2.45, 2.75) is 0 Å². The van der Waals surface area contributed by atoms with Gasteiger partial charge in [0.05, 0.1) is 50.8 Å². The van der Waals surface area contributed by atoms with E-state index >= 15 is 0 Å². The van der Waals surface area contributed by atoms with Crippen LogP contribution < -0.4 is 0 Å². The van der Waals surface area contributed by atoms with Crippen LogP contribution >= 0.6 is 188 Å². The molecule has 12 bridgehead atoms. The topological polar surface area (TPSA) is 0 Å². The molecule has 10 aliphatic rings. The van der Waals surface area contributed by atoms with E-state index in [2.05, 4.69) is 188 Å². The molecule has 0 saturated heterocycles. The maximum absolute atomic E-state index is 2.10. The average Bonchev–Trinajstić information content (AvgIpc) is 3.64. The summed E-state index contributed by atoms with van der Waals surface area (Å²) in [5.74, 6) is 9.49. The van der Waals surface area contributed by atoms with E-state index in [1.807, 2.05) is 0 Å². The van der Waals surface area contributed by atoms with Crippen LogP contribution in [0.15, 0.2) is 50.8 Å². The molecule has 0 fully saturated rings. The highest BCUT2D eigenvalue weighted by atomic mass is 32.3. The predicted molar refractivity (Wildman–Crippen MR) is 203 cm³/mol. The Bertz CT molecular complexity index is 898. The van der Waals surface area contributed by atoms with Gasteiger partial charge in [-0.3, -0.25) is 0 Å². The Morgan fingerprint density at radius 2 is 0.333 bits per heavy atom. The zero-order valence-corrected chi connectivity index (χ0v) is 31.3. The van der Waals surface area contributed by atoms with E-state index in [1.54, 1.807) is 33.9 Å². The summed E-state index contributed by atoms with van der Waals surface area (Å²) >= 11 is 33.3. The van der Waals surface area contributed by atoms with Crippen molar-refractivity contribution in [1.29, 1.82) is 0 Å². The monoisotopic (exact) mass is 768 g/mol. The quantitative estimate of drug-likeness (QED) is 0.229. The maximum atomic E-state index is 2.10. The van der Waals surface area contributed by atoms with Crippen LogP contribution in [0.5, 0.6) is 0 Å². The van der Waals surface area contributed by atoms with Crippen LogP contribution in [0.3, 0.4) is 0 Å². The molecule has 0 amide bonds. The van der Waals surface area contributed by atoms with E-state index in [4.69, 9.17) is 0 Å². The highest BCUT2D eigenvalue weighted by Crippen LogP contribution is 2.69. The Morgan fingerprint density at radius 3 is 0.472 bits per heavy atom. The van der Waals surface area contributed by atoms with Gasteiger partial charge in [0.2, 0.25) is 0 Å². The fourth-order valence-corrected chi connectivity index (χ4v) is 27.6. The normalized spacial score (nSPS) is 28.0. The third kappa shape index (κ3) is 6.73. The number of hydrogen-bond acceptors (Lipinski definition) is 16. The first-order valence-corrected chi connectivity index (χ1v) is 25.1. The summed E-state index contributed by atoms with van der Waals surface area (Å²) in [6.45, 7) is 0. The molecule has 0 aliphatic carbocycles. The van der Waals surface area contributed by atoms with Crippen LogP contribution in [0.25, 0.3) is 0 Å². The summed E-state index contributed by atoms with van der Waals surface area (Å²) < 4.78 is 18.6. The number of rotatable bonds is 0. The van der Waals surface area contributed by atoms with Gasteiger partial charge in [-0.25, -0.2) is 0 Å². The van der Waals surface area contributed by atoms with Gasteiger partial charge in [-0.15, -0.1) is 94.1 Å². The predicted octanol–water partition coefficient (Wildman–Crippen LogP) is 12.6. The maximum Gasteiger partial charge on any atom is 0.0717 e. The second kappa shape index (κ2) is 13.8. The SMILES string of the molecule is C1CSC2=C3SCCSC4=C(S1)SC(=C1SC5=C(SCCSC6=C(SCCS5)SC(=C(S2)S3)S6)S1)S4. The van der Waals surface area contributed by atoms with E-state index in [0.717, 1.165) is 0 Å². The van der Waals surface area contributed by atoms with Gasteiger partial charge in [0.1, 0.15) is 0 Å². The number of hydrogen-bond donors (Lipinski definition) is 0. The molecule has 0 radical (unpaired) electrons. The van der Waals surface area contributed by atoms with Crippen molar-refractivity contribution < 1.29 is 0 Å². The number of thioether (sulfide) groups is 16. The molecular weight excluding hydrogens is 753 g/mol. The smallest absolute Gasteiger partial charge is 0.0717 e. The van der Waals surface area contributed by atoms with Crippen LogP contribution in [0.2, 0.25) is 0 Å². The minimum absolute atomic E-state index is 1.19. The second-order valence-corrected chi connectivity index (χ2v) is 27.2. The summed E-state index contributed by atoms with van der Waals surface area (Å²) in [4.78, 5) is 0. The Kier molecular flexibility index (Phi) is 11.0. The summed E-state index contributed by atoms with van der Waals surface area (Å²) in [5, 5.41) is 0. The molecule has 0 aromatic rings. The Labute approximate surface area is 280 Å². The first-order valence-electron chi connectivity index (χ1n) is 10.7. The standard InChI is InChI=1S/C20H16S16/c1-2-22-11-12-24-4-3-23-10-9(21-1)29-17(30-10)18-33-13-14(34-18)26-6-8-28-16-15(27-7-5-25-13)35-20(36-16)19(31-11)32-12/h1-8H2. The minimum atomic E-state index is 1.19. The van der Waals surface area contributed by atoms with Crippen molar-refractivity contribution in [1.82, 2.24) is 0 Å². The summed E-state index contributed by atoms with van der Waals surface area (Å²) in [5.41, 5.74) is 0. The van der Waals surface area contributed by atoms with Crippen molar-refractivity contribution in [2.75, 3.05) is 46.0 Å². The lowest BCUT2D eigenvalue weighted by Crippen LogP contribution is -1.88. The largest absolute Gasteiger partial charge is 0.116 e. The molecule has 16 heteroatoms. The van der Waals surface area contributed by atoms with Crippen LogP contribution in [0, 0.1) is 0 Å². The fourth-order valence-electron chi connectivity index (χ4n) is 3.21. The van der Waals surface area contributed by atoms with Gasteiger partial charge in [-0.05, 0) is 0 Å². The molecule has 0 unspecified atom stereocenters. The van der Waals surface area contributed by atoms with Gasteiger partial charge in [0.15, 0.2) is 0 Å². The summed E-state index contributed by atoms with van der Waals surface area (Å²) in [6.07, 6.45) is 0. The Hall–Kier alpha value is 4.04. The highest BCUT2D eigenvalue weighted by molar-refractivity contribution is 8.47. The van der Waals surface area contributed by atoms with Gasteiger partial charge in [-0.2, -0.15) is 0 Å². The average molecular weight is 769 g/mol. The van der Waals surface area contributed by atoms with Crippen molar-refractivity contribution in [2.24, 2.45) is 0 Å². The first kappa shape index (κ1) is 28.8. The van der Waals surface area contributed by atoms with Crippen molar-refractivity contribution in [3.05, 3.63) is 50.8 Å². The molecular formula is C20H16S16. The Morgan fingerprint density at radius 1 is 0.194 bits per heavy atom. The van der Waals surface area contributed by atoms with Crippen molar-refractivity contribution in [3.8, 4) is 0 Å². The Balaban J connectivity index is 1.24. The van der Waals surface area contributed by atoms with Gasteiger partial charge < -0.3 is 0 Å². The molecule has 10 heterocycles. The molecule has 0 aromatic heterocycles. The molecule has 0 saturated carbocycles. The first-order chi connectivity index (χ1) is 17.8. The van der Waals surface area contributed by atoms with Gasteiger partial charge in [-0.1, -0.05) is 94.1 Å². The van der Waals surface area contributed by atoms with E-state index < -0.39 is 0 Å². The third-order valence-corrected chi connectivity index (χ3v) is 28.9. The molecule has 0 N–H and O–H groups in total. The van der Waals surface area contributed by atoms with Crippen LogP contribution in [-0.2, 0) is 0 Å². The molecule has 192 valence electrons. The van der Waals surface area contributed by atoms with Crippen LogP contribution in [-0.4, -0.2) is 46.0 Å². The van der Waals surface area contributed by atoms with E-state index in [-0.39, 0.29) is 0 Å². The molecule has 0 atom stereocenters. The summed E-state index contributed by atoms with van der Waals surface area (Å²) in [7, 11) is 0. The lowest BCUT2D eigenvalue weighted by Gasteiger charge is -2.08. The third-order valence-electron chi connectivity index (χ3n) is 4.68. The molecule has 10 aliphatic heterocycles. The van der Waals surface area contributed by atoms with Gasteiger partial charge in [0, 0.05) is 46.0 Å². The molecule has 0 nitrogen and oxygen atoms in total. The van der Waals surface area contributed by atoms with E-state index in [9.17, 15) is 0 Å². The lowest BCUT2D eigenvalue weighted by molar-refractivity contribution is 1.56. The molecule has 10 rings (SSSR count). The molecule has 0 aromatic carbocycles. The van der Waals surface area contributed by atoms with Crippen molar-refractivity contribution >= 4 is 188 Å². The van der Waals surface area contributed by atoms with Gasteiger partial charge in [0.25, 0.3) is 0 Å². The lowest BCUT2D eigenvalue weighted by atomic mass is 11.0. The van der Waals surface area contributed by atoms with Crippen LogP contribution in [0.1, 0.15) is 0 Å². The summed E-state index contributed by atoms with van der Waals surface area (Å²) in [6, 6.07) is 0. The molecule has 36 heavy (non-hydrogen) atoms. The van der Waals surface area contributed by atoms with Gasteiger partial charge >= 0.3 is 0 Å². The zero-order valence-electron chi connectivity index (χ0n) is 18.2. The molecule has 0 spiro atoms. The van der Waals surface area contributed by atoms with E-state index in [1.165, 1.54) is 63.0 Å². The fraction of sp³-hybridized carbons (Fsp3) is 0.400. The minimum Gasteiger partial charge on any atom is -0.116 e. The van der Waals surface area contributed by atoms with Crippen LogP contribution in [0.4, 0.5) is 0 Å². The van der Waals surface area contributed by atoms with Crippen molar-refractivity contribution in [3.63, 3.8) is 0 Å². The van der Waals surface area contributed by atoms with E-state index in [0.29, 0.717) is 0 Å². The zero-order chi connectivity index (χ0) is 23.9. The highest BCUT2D eigenvalue weighted by Gasteiger charge is 2.34. The second-order valence-electron chi connectivity index (χ2n) is 7.05.